The maximum atomic E-state index is 13.6. The SMILES string of the molecule is COc1ccc(N2CCN(c3oc(-c4cccs4)nc3S(=O)(=O)c3ccc(Br)cc3)CC2)cc1. The van der Waals surface area contributed by atoms with Crippen molar-refractivity contribution in [2.24, 2.45) is 0 Å². The van der Waals surface area contributed by atoms with E-state index in [9.17, 15) is 8.42 Å². The van der Waals surface area contributed by atoms with E-state index in [1.807, 2.05) is 46.7 Å². The Bertz CT molecular complexity index is 1360. The number of hydrogen-bond acceptors (Lipinski definition) is 8. The predicted molar refractivity (Wildman–Crippen MR) is 137 cm³/mol. The Balaban J connectivity index is 1.45. The Morgan fingerprint density at radius 1 is 0.971 bits per heavy atom. The van der Waals surface area contributed by atoms with Gasteiger partial charge in [-0.1, -0.05) is 22.0 Å². The maximum Gasteiger partial charge on any atom is 0.240 e. The fraction of sp³-hybridized carbons (Fsp3) is 0.208. The summed E-state index contributed by atoms with van der Waals surface area (Å²) >= 11 is 4.82. The normalized spacial score (nSPS) is 14.4. The van der Waals surface area contributed by atoms with Gasteiger partial charge in [-0.25, -0.2) is 8.42 Å². The molecular weight excluding hydrogens is 538 g/mol. The van der Waals surface area contributed by atoms with Gasteiger partial charge < -0.3 is 19.0 Å². The standard InChI is InChI=1S/C24H22BrN3O4S2/c1-31-19-8-6-18(7-9-19)27-12-14-28(15-13-27)24-23(26-22(32-24)21-3-2-16-33-21)34(29,30)20-10-4-17(25)5-11-20/h2-11,16H,12-15H2,1H3. The second-order valence-electron chi connectivity index (χ2n) is 7.74. The van der Waals surface area contributed by atoms with E-state index >= 15 is 0 Å². The largest absolute Gasteiger partial charge is 0.497 e. The van der Waals surface area contributed by atoms with Crippen LogP contribution in [0.5, 0.6) is 5.75 Å². The highest BCUT2D eigenvalue weighted by molar-refractivity contribution is 9.10. The number of methoxy groups -OCH3 is 1. The van der Waals surface area contributed by atoms with Crippen LogP contribution < -0.4 is 14.5 Å². The van der Waals surface area contributed by atoms with Gasteiger partial charge in [0, 0.05) is 36.3 Å². The molecule has 2 aromatic heterocycles. The maximum absolute atomic E-state index is 13.6. The first-order valence-corrected chi connectivity index (χ1v) is 13.8. The summed E-state index contributed by atoms with van der Waals surface area (Å²) < 4.78 is 39.3. The Hall–Kier alpha value is -2.82. The third-order valence-electron chi connectivity index (χ3n) is 5.69. The van der Waals surface area contributed by atoms with Crippen molar-refractivity contribution in [3.63, 3.8) is 0 Å². The van der Waals surface area contributed by atoms with E-state index < -0.39 is 9.84 Å². The van der Waals surface area contributed by atoms with Crippen LogP contribution in [0.25, 0.3) is 10.8 Å². The van der Waals surface area contributed by atoms with E-state index in [4.69, 9.17) is 9.15 Å². The number of rotatable bonds is 6. The Labute approximate surface area is 210 Å². The zero-order valence-electron chi connectivity index (χ0n) is 18.3. The van der Waals surface area contributed by atoms with Gasteiger partial charge in [0.2, 0.25) is 26.6 Å². The lowest BCUT2D eigenvalue weighted by atomic mass is 10.2. The molecule has 4 aromatic rings. The van der Waals surface area contributed by atoms with E-state index in [1.54, 1.807) is 31.4 Å². The topological polar surface area (TPSA) is 75.9 Å². The van der Waals surface area contributed by atoms with Crippen molar-refractivity contribution in [1.82, 2.24) is 4.98 Å². The van der Waals surface area contributed by atoms with E-state index in [2.05, 4.69) is 25.8 Å². The lowest BCUT2D eigenvalue weighted by molar-refractivity contribution is 0.415. The molecule has 0 bridgehead atoms. The first-order chi connectivity index (χ1) is 16.5. The van der Waals surface area contributed by atoms with Crippen LogP contribution in [0.15, 0.2) is 84.9 Å². The van der Waals surface area contributed by atoms with Crippen molar-refractivity contribution in [2.45, 2.75) is 9.92 Å². The van der Waals surface area contributed by atoms with Crippen molar-refractivity contribution in [2.75, 3.05) is 43.1 Å². The highest BCUT2D eigenvalue weighted by Gasteiger charge is 2.33. The third-order valence-corrected chi connectivity index (χ3v) is 8.75. The van der Waals surface area contributed by atoms with Crippen molar-refractivity contribution in [3.05, 3.63) is 70.5 Å². The number of sulfone groups is 1. The van der Waals surface area contributed by atoms with Crippen molar-refractivity contribution < 1.29 is 17.6 Å². The van der Waals surface area contributed by atoms with Crippen LogP contribution in [0.1, 0.15) is 0 Å². The lowest BCUT2D eigenvalue weighted by Crippen LogP contribution is -2.46. The minimum absolute atomic E-state index is 0.0453. The molecular formula is C24H22BrN3O4S2. The summed E-state index contributed by atoms with van der Waals surface area (Å²) in [4.78, 5) is 9.66. The lowest BCUT2D eigenvalue weighted by Gasteiger charge is -2.36. The van der Waals surface area contributed by atoms with Crippen molar-refractivity contribution in [1.29, 1.82) is 0 Å². The van der Waals surface area contributed by atoms with Gasteiger partial charge in [0.05, 0.1) is 16.9 Å². The van der Waals surface area contributed by atoms with E-state index in [0.29, 0.717) is 24.9 Å². The second-order valence-corrected chi connectivity index (χ2v) is 11.5. The quantitative estimate of drug-likeness (QED) is 0.316. The van der Waals surface area contributed by atoms with Gasteiger partial charge >= 0.3 is 0 Å². The molecule has 3 heterocycles. The number of aromatic nitrogens is 1. The number of oxazole rings is 1. The zero-order chi connectivity index (χ0) is 23.7. The first-order valence-electron chi connectivity index (χ1n) is 10.6. The molecule has 1 aliphatic rings. The molecule has 0 radical (unpaired) electrons. The smallest absolute Gasteiger partial charge is 0.240 e. The van der Waals surface area contributed by atoms with Crippen LogP contribution in [0.3, 0.4) is 0 Å². The zero-order valence-corrected chi connectivity index (χ0v) is 21.6. The Morgan fingerprint density at radius 2 is 1.65 bits per heavy atom. The third kappa shape index (κ3) is 4.45. The van der Waals surface area contributed by atoms with Crippen LogP contribution in [-0.2, 0) is 9.84 Å². The molecule has 1 aliphatic heterocycles. The average molecular weight is 560 g/mol. The molecule has 7 nitrogen and oxygen atoms in total. The predicted octanol–water partition coefficient (Wildman–Crippen LogP) is 5.33. The Morgan fingerprint density at radius 3 is 2.26 bits per heavy atom. The summed E-state index contributed by atoms with van der Waals surface area (Å²) in [6.07, 6.45) is 0. The number of piperazine rings is 1. The number of hydrogen-bond donors (Lipinski definition) is 0. The summed E-state index contributed by atoms with van der Waals surface area (Å²) in [5.41, 5.74) is 1.10. The van der Waals surface area contributed by atoms with Crippen LogP contribution in [-0.4, -0.2) is 46.7 Å². The van der Waals surface area contributed by atoms with Gasteiger partial charge in [0.15, 0.2) is 0 Å². The van der Waals surface area contributed by atoms with Gasteiger partial charge in [-0.3, -0.25) is 0 Å². The molecule has 0 spiro atoms. The fourth-order valence-electron chi connectivity index (χ4n) is 3.86. The van der Waals surface area contributed by atoms with Crippen LogP contribution in [0.4, 0.5) is 11.6 Å². The summed E-state index contributed by atoms with van der Waals surface area (Å²) in [7, 11) is -2.22. The molecule has 34 heavy (non-hydrogen) atoms. The number of benzene rings is 2. The van der Waals surface area contributed by atoms with E-state index in [1.165, 1.54) is 11.3 Å². The molecule has 0 amide bonds. The second kappa shape index (κ2) is 9.44. The van der Waals surface area contributed by atoms with E-state index in [-0.39, 0.29) is 9.92 Å². The van der Waals surface area contributed by atoms with Crippen molar-refractivity contribution in [3.8, 4) is 16.5 Å². The van der Waals surface area contributed by atoms with E-state index in [0.717, 1.165) is 33.9 Å². The molecule has 176 valence electrons. The highest BCUT2D eigenvalue weighted by Crippen LogP contribution is 2.37. The van der Waals surface area contributed by atoms with Gasteiger partial charge in [-0.2, -0.15) is 4.98 Å². The monoisotopic (exact) mass is 559 g/mol. The number of thiophene rings is 1. The molecule has 1 fully saturated rings. The summed E-state index contributed by atoms with van der Waals surface area (Å²) in [6, 6.07) is 18.3. The summed E-state index contributed by atoms with van der Waals surface area (Å²) in [5, 5.41) is 1.87. The summed E-state index contributed by atoms with van der Waals surface area (Å²) in [6.45, 7) is 2.65. The Kier molecular flexibility index (Phi) is 6.37. The van der Waals surface area contributed by atoms with Crippen LogP contribution in [0, 0.1) is 0 Å². The highest BCUT2D eigenvalue weighted by atomic mass is 79.9. The molecule has 2 aromatic carbocycles. The molecule has 0 atom stereocenters. The molecule has 0 aliphatic carbocycles. The molecule has 0 saturated carbocycles. The molecule has 5 rings (SSSR count). The molecule has 0 N–H and O–H groups in total. The van der Waals surface area contributed by atoms with Crippen LogP contribution in [0.2, 0.25) is 0 Å². The van der Waals surface area contributed by atoms with Gasteiger partial charge in [-0.05, 0) is 60.0 Å². The van der Waals surface area contributed by atoms with Gasteiger partial charge in [0.1, 0.15) is 5.75 Å². The number of halogens is 1. The number of nitrogens with zero attached hydrogens (tertiary/aromatic N) is 3. The fourth-order valence-corrected chi connectivity index (χ4v) is 6.10. The van der Waals surface area contributed by atoms with Gasteiger partial charge in [-0.15, -0.1) is 11.3 Å². The first kappa shape index (κ1) is 22.9. The minimum Gasteiger partial charge on any atom is -0.497 e. The number of anilines is 2. The number of ether oxygens (including phenoxy) is 1. The molecule has 10 heteroatoms. The van der Waals surface area contributed by atoms with Crippen molar-refractivity contribution >= 4 is 48.7 Å². The minimum atomic E-state index is -3.87. The average Bonchev–Trinajstić information content (AvgIpc) is 3.55. The van der Waals surface area contributed by atoms with Crippen LogP contribution >= 0.6 is 27.3 Å². The molecule has 1 saturated heterocycles. The molecule has 0 unspecified atom stereocenters. The van der Waals surface area contributed by atoms with Gasteiger partial charge in [0.25, 0.3) is 0 Å². The summed E-state index contributed by atoms with van der Waals surface area (Å²) in [5.74, 6) is 1.42.